The van der Waals surface area contributed by atoms with Crippen LogP contribution in [0.3, 0.4) is 0 Å². The molecule has 1 atom stereocenters. The Labute approximate surface area is 95.0 Å². The summed E-state index contributed by atoms with van der Waals surface area (Å²) in [7, 11) is 0. The molecule has 1 aliphatic rings. The topological polar surface area (TPSA) is 47.4 Å². The van der Waals surface area contributed by atoms with Crippen LogP contribution >= 0.6 is 0 Å². The summed E-state index contributed by atoms with van der Waals surface area (Å²) in [5.74, 6) is 0. The predicted molar refractivity (Wildman–Crippen MR) is 58.8 cm³/mol. The molecule has 1 saturated heterocycles. The maximum atomic E-state index is 11.8. The van der Waals surface area contributed by atoms with E-state index in [2.05, 4.69) is 4.98 Å². The Morgan fingerprint density at radius 2 is 2.25 bits per heavy atom. The van der Waals surface area contributed by atoms with Gasteiger partial charge in [-0.25, -0.2) is 9.78 Å². The summed E-state index contributed by atoms with van der Waals surface area (Å²) in [6, 6.07) is 0. The molecule has 2 heterocycles. The average Bonchev–Trinajstić information content (AvgIpc) is 2.50. The molecule has 1 unspecified atom stereocenters. The third-order valence-corrected chi connectivity index (χ3v) is 2.48. The van der Waals surface area contributed by atoms with E-state index in [1.807, 2.05) is 31.5 Å². The number of imidazole rings is 1. The van der Waals surface area contributed by atoms with Gasteiger partial charge in [-0.15, -0.1) is 0 Å². The van der Waals surface area contributed by atoms with Gasteiger partial charge in [0.25, 0.3) is 0 Å². The summed E-state index contributed by atoms with van der Waals surface area (Å²) < 4.78 is 7.25. The van der Waals surface area contributed by atoms with E-state index in [1.165, 1.54) is 0 Å². The third kappa shape index (κ3) is 2.18. The molecule has 0 saturated carbocycles. The van der Waals surface area contributed by atoms with E-state index in [-0.39, 0.29) is 12.3 Å². The Morgan fingerprint density at radius 1 is 1.50 bits per heavy atom. The summed E-state index contributed by atoms with van der Waals surface area (Å²) in [6.07, 6.45) is 6.07. The molecule has 5 nitrogen and oxygen atoms in total. The van der Waals surface area contributed by atoms with Crippen molar-refractivity contribution in [3.63, 3.8) is 0 Å². The van der Waals surface area contributed by atoms with Gasteiger partial charge in [0.15, 0.2) is 0 Å². The molecule has 5 heteroatoms. The Balaban J connectivity index is 1.99. The number of amides is 1. The molecule has 1 aromatic heterocycles. The molecule has 1 aliphatic heterocycles. The number of hydrogen-bond acceptors (Lipinski definition) is 3. The Hall–Kier alpha value is -1.52. The second kappa shape index (κ2) is 3.81. The highest BCUT2D eigenvalue weighted by Gasteiger charge is 2.35. The molecule has 0 aromatic carbocycles. The predicted octanol–water partition coefficient (Wildman–Crippen LogP) is 2.02. The zero-order chi connectivity index (χ0) is 11.8. The highest BCUT2D eigenvalue weighted by Crippen LogP contribution is 2.29. The van der Waals surface area contributed by atoms with E-state index in [9.17, 15) is 4.79 Å². The lowest BCUT2D eigenvalue weighted by atomic mass is 10.1. The van der Waals surface area contributed by atoms with Crippen molar-refractivity contribution < 1.29 is 9.53 Å². The van der Waals surface area contributed by atoms with Crippen LogP contribution in [0, 0.1) is 0 Å². The number of carbonyl (C=O) groups excluding carboxylic acids is 1. The van der Waals surface area contributed by atoms with Crippen LogP contribution in [0.5, 0.6) is 0 Å². The van der Waals surface area contributed by atoms with Gasteiger partial charge >= 0.3 is 6.09 Å². The maximum absolute atomic E-state index is 11.8. The molecular weight excluding hydrogens is 206 g/mol. The lowest BCUT2D eigenvalue weighted by Gasteiger charge is -2.41. The van der Waals surface area contributed by atoms with Crippen LogP contribution in [0.2, 0.25) is 0 Å². The minimum absolute atomic E-state index is 0.0670. The van der Waals surface area contributed by atoms with E-state index in [1.54, 1.807) is 17.4 Å². The number of carbonyl (C=O) groups is 1. The monoisotopic (exact) mass is 223 g/mol. The molecule has 0 spiro atoms. The summed E-state index contributed by atoms with van der Waals surface area (Å²) >= 11 is 0. The van der Waals surface area contributed by atoms with Crippen molar-refractivity contribution in [2.24, 2.45) is 0 Å². The number of ether oxygens (including phenoxy) is 1. The van der Waals surface area contributed by atoms with Crippen molar-refractivity contribution in [2.75, 3.05) is 6.54 Å². The number of rotatable bonds is 1. The van der Waals surface area contributed by atoms with Crippen LogP contribution in [-0.2, 0) is 4.74 Å². The summed E-state index contributed by atoms with van der Waals surface area (Å²) in [5.41, 5.74) is -0.438. The summed E-state index contributed by atoms with van der Waals surface area (Å²) in [4.78, 5) is 17.5. The number of hydrogen-bond donors (Lipinski definition) is 0. The molecule has 1 amide bonds. The minimum Gasteiger partial charge on any atom is -0.444 e. The van der Waals surface area contributed by atoms with Crippen LogP contribution < -0.4 is 0 Å². The molecular formula is C11H17N3O2. The van der Waals surface area contributed by atoms with E-state index in [4.69, 9.17) is 4.74 Å². The fourth-order valence-electron chi connectivity index (χ4n) is 1.66. The van der Waals surface area contributed by atoms with Gasteiger partial charge in [-0.05, 0) is 20.8 Å². The summed E-state index contributed by atoms with van der Waals surface area (Å²) in [5, 5.41) is 0. The van der Waals surface area contributed by atoms with Crippen molar-refractivity contribution in [3.05, 3.63) is 18.7 Å². The van der Waals surface area contributed by atoms with Gasteiger partial charge in [-0.1, -0.05) is 0 Å². The molecule has 16 heavy (non-hydrogen) atoms. The molecule has 0 N–H and O–H groups in total. The maximum Gasteiger partial charge on any atom is 0.411 e. The lowest BCUT2D eigenvalue weighted by molar-refractivity contribution is -0.0223. The molecule has 0 aliphatic carbocycles. The first-order valence-corrected chi connectivity index (χ1v) is 5.44. The van der Waals surface area contributed by atoms with Gasteiger partial charge in [-0.3, -0.25) is 4.90 Å². The standard InChI is InChI=1S/C11H17N3O2/c1-11(2,3)16-10(15)14-6-4-9(14)13-7-5-12-8-13/h5,7-9H,4,6H2,1-3H3. The van der Waals surface area contributed by atoms with E-state index in [0.29, 0.717) is 0 Å². The zero-order valence-corrected chi connectivity index (χ0v) is 9.88. The van der Waals surface area contributed by atoms with Crippen LogP contribution in [0.25, 0.3) is 0 Å². The van der Waals surface area contributed by atoms with Gasteiger partial charge < -0.3 is 9.30 Å². The van der Waals surface area contributed by atoms with Gasteiger partial charge in [0.2, 0.25) is 0 Å². The first kappa shape index (κ1) is 11.0. The van der Waals surface area contributed by atoms with Crippen LogP contribution in [0.4, 0.5) is 4.79 Å². The molecule has 2 rings (SSSR count). The smallest absolute Gasteiger partial charge is 0.411 e. The Bertz CT molecular complexity index is 367. The van der Waals surface area contributed by atoms with E-state index >= 15 is 0 Å². The van der Waals surface area contributed by atoms with E-state index in [0.717, 1.165) is 13.0 Å². The molecule has 0 radical (unpaired) electrons. The highest BCUT2D eigenvalue weighted by molar-refractivity contribution is 5.69. The summed E-state index contributed by atoms with van der Waals surface area (Å²) in [6.45, 7) is 6.36. The van der Waals surface area contributed by atoms with Crippen molar-refractivity contribution in [1.29, 1.82) is 0 Å². The largest absolute Gasteiger partial charge is 0.444 e. The SMILES string of the molecule is CC(C)(C)OC(=O)N1CCC1n1ccnc1. The van der Waals surface area contributed by atoms with Crippen LogP contribution in [0.15, 0.2) is 18.7 Å². The first-order valence-electron chi connectivity index (χ1n) is 5.44. The zero-order valence-electron chi connectivity index (χ0n) is 9.88. The van der Waals surface area contributed by atoms with Crippen LogP contribution in [0.1, 0.15) is 33.4 Å². The molecule has 1 aromatic rings. The van der Waals surface area contributed by atoms with Crippen molar-refractivity contribution >= 4 is 6.09 Å². The molecule has 88 valence electrons. The van der Waals surface area contributed by atoms with Crippen LogP contribution in [-0.4, -0.2) is 32.7 Å². The number of likely N-dealkylation sites (tertiary alicyclic amines) is 1. The number of nitrogens with zero attached hydrogens (tertiary/aromatic N) is 3. The van der Waals surface area contributed by atoms with Crippen molar-refractivity contribution in [2.45, 2.75) is 39.0 Å². The molecule has 0 bridgehead atoms. The third-order valence-electron chi connectivity index (χ3n) is 2.48. The van der Waals surface area contributed by atoms with Crippen molar-refractivity contribution in [1.82, 2.24) is 14.5 Å². The second-order valence-corrected chi connectivity index (χ2v) is 4.95. The highest BCUT2D eigenvalue weighted by atomic mass is 16.6. The fraction of sp³-hybridized carbons (Fsp3) is 0.636. The Morgan fingerprint density at radius 3 is 2.69 bits per heavy atom. The number of aromatic nitrogens is 2. The van der Waals surface area contributed by atoms with Gasteiger partial charge in [0, 0.05) is 25.4 Å². The van der Waals surface area contributed by atoms with E-state index < -0.39 is 5.60 Å². The fourth-order valence-corrected chi connectivity index (χ4v) is 1.66. The quantitative estimate of drug-likeness (QED) is 0.731. The average molecular weight is 223 g/mol. The van der Waals surface area contributed by atoms with Crippen molar-refractivity contribution in [3.8, 4) is 0 Å². The molecule has 1 fully saturated rings. The normalized spacial score (nSPS) is 20.4. The second-order valence-electron chi connectivity index (χ2n) is 4.95. The van der Waals surface area contributed by atoms with Gasteiger partial charge in [-0.2, -0.15) is 0 Å². The van der Waals surface area contributed by atoms with Gasteiger partial charge in [0.05, 0.1) is 6.33 Å². The van der Waals surface area contributed by atoms with Gasteiger partial charge in [0.1, 0.15) is 11.8 Å². The minimum atomic E-state index is -0.438. The lowest BCUT2D eigenvalue weighted by Crippen LogP contribution is -2.49. The first-order chi connectivity index (χ1) is 7.47. The Kier molecular flexibility index (Phi) is 2.61.